The Morgan fingerprint density at radius 2 is 2.25 bits per heavy atom. The van der Waals surface area contributed by atoms with E-state index in [1.54, 1.807) is 19.1 Å². The van der Waals surface area contributed by atoms with Crippen molar-refractivity contribution in [3.05, 3.63) is 29.3 Å². The molecule has 1 aliphatic heterocycles. The first kappa shape index (κ1) is 18.4. The van der Waals surface area contributed by atoms with Crippen LogP contribution < -0.4 is 10.2 Å². The summed E-state index contributed by atoms with van der Waals surface area (Å²) in [6.07, 6.45) is 1.12. The van der Waals surface area contributed by atoms with E-state index in [1.165, 1.54) is 11.0 Å². The number of carboxylic acid groups (broad SMARTS) is 1. The van der Waals surface area contributed by atoms with E-state index in [0.717, 1.165) is 5.56 Å². The SMILES string of the molecule is CC(C)c1cc(C(=O)O)ccc1N(C=O)CC1CNCCC1(C)F. The summed E-state index contributed by atoms with van der Waals surface area (Å²) in [6.45, 7) is 6.87. The fourth-order valence-corrected chi connectivity index (χ4v) is 3.13. The average Bonchev–Trinajstić information content (AvgIpc) is 2.53. The molecule has 0 bridgehead atoms. The first-order valence-corrected chi connectivity index (χ1v) is 8.25. The highest BCUT2D eigenvalue weighted by molar-refractivity contribution is 5.89. The Morgan fingerprint density at radius 3 is 2.79 bits per heavy atom. The third-order valence-corrected chi connectivity index (χ3v) is 4.78. The number of rotatable bonds is 6. The summed E-state index contributed by atoms with van der Waals surface area (Å²) in [5, 5.41) is 12.3. The summed E-state index contributed by atoms with van der Waals surface area (Å²) in [6, 6.07) is 4.71. The van der Waals surface area contributed by atoms with Gasteiger partial charge < -0.3 is 15.3 Å². The second kappa shape index (κ2) is 7.30. The second-order valence-corrected chi connectivity index (χ2v) is 6.92. The molecule has 2 N–H and O–H groups in total. The van der Waals surface area contributed by atoms with E-state index in [4.69, 9.17) is 5.11 Å². The van der Waals surface area contributed by atoms with Crippen molar-refractivity contribution in [2.75, 3.05) is 24.5 Å². The number of benzene rings is 1. The van der Waals surface area contributed by atoms with Crippen LogP contribution in [0.5, 0.6) is 0 Å². The Bertz CT molecular complexity index is 616. The number of nitrogens with one attached hydrogen (secondary N) is 1. The molecule has 1 heterocycles. The van der Waals surface area contributed by atoms with E-state index in [1.807, 2.05) is 13.8 Å². The number of hydrogen-bond acceptors (Lipinski definition) is 3. The van der Waals surface area contributed by atoms with Crippen molar-refractivity contribution in [3.8, 4) is 0 Å². The van der Waals surface area contributed by atoms with Crippen molar-refractivity contribution in [1.29, 1.82) is 0 Å². The predicted octanol–water partition coefficient (Wildman–Crippen LogP) is 2.81. The molecule has 6 heteroatoms. The lowest BCUT2D eigenvalue weighted by atomic mass is 9.84. The zero-order chi connectivity index (χ0) is 17.9. The van der Waals surface area contributed by atoms with Gasteiger partial charge >= 0.3 is 5.97 Å². The van der Waals surface area contributed by atoms with Crippen molar-refractivity contribution in [2.45, 2.75) is 38.8 Å². The van der Waals surface area contributed by atoms with E-state index in [-0.39, 0.29) is 23.9 Å². The molecular weight excluding hydrogens is 311 g/mol. The summed E-state index contributed by atoms with van der Waals surface area (Å²) in [4.78, 5) is 24.3. The third-order valence-electron chi connectivity index (χ3n) is 4.78. The molecule has 5 nitrogen and oxygen atoms in total. The van der Waals surface area contributed by atoms with Gasteiger partial charge in [-0.3, -0.25) is 4.79 Å². The van der Waals surface area contributed by atoms with Gasteiger partial charge in [0, 0.05) is 24.7 Å². The molecule has 0 aromatic heterocycles. The summed E-state index contributed by atoms with van der Waals surface area (Å²) in [5.41, 5.74) is 0.270. The number of hydrogen-bond donors (Lipinski definition) is 2. The van der Waals surface area contributed by atoms with Crippen LogP contribution in [0.1, 0.15) is 49.0 Å². The lowest BCUT2D eigenvalue weighted by Crippen LogP contribution is -2.50. The smallest absolute Gasteiger partial charge is 0.335 e. The Balaban J connectivity index is 2.33. The van der Waals surface area contributed by atoms with Gasteiger partial charge in [-0.25, -0.2) is 9.18 Å². The Hall–Kier alpha value is -1.95. The lowest BCUT2D eigenvalue weighted by molar-refractivity contribution is -0.107. The third kappa shape index (κ3) is 3.93. The highest BCUT2D eigenvalue weighted by Gasteiger charge is 2.37. The molecule has 2 unspecified atom stereocenters. The van der Waals surface area contributed by atoms with Crippen LogP contribution in [0, 0.1) is 5.92 Å². The number of halogens is 1. The van der Waals surface area contributed by atoms with Crippen molar-refractivity contribution in [3.63, 3.8) is 0 Å². The molecule has 1 amide bonds. The monoisotopic (exact) mass is 336 g/mol. The maximum atomic E-state index is 14.7. The first-order chi connectivity index (χ1) is 11.3. The number of carbonyl (C=O) groups is 2. The van der Waals surface area contributed by atoms with Gasteiger partial charge in [-0.2, -0.15) is 0 Å². The molecule has 0 saturated carbocycles. The summed E-state index contributed by atoms with van der Waals surface area (Å²) in [5.74, 6) is -1.27. The van der Waals surface area contributed by atoms with Crippen molar-refractivity contribution in [2.24, 2.45) is 5.92 Å². The quantitative estimate of drug-likeness (QED) is 0.784. The molecule has 1 aliphatic rings. The average molecular weight is 336 g/mol. The minimum absolute atomic E-state index is 0.0444. The van der Waals surface area contributed by atoms with Crippen LogP contribution >= 0.6 is 0 Å². The molecule has 132 valence electrons. The summed E-state index contributed by atoms with van der Waals surface area (Å²) in [7, 11) is 0. The molecule has 0 aliphatic carbocycles. The van der Waals surface area contributed by atoms with Gasteiger partial charge in [0.05, 0.1) is 5.56 Å². The maximum absolute atomic E-state index is 14.7. The fourth-order valence-electron chi connectivity index (χ4n) is 3.13. The van der Waals surface area contributed by atoms with Crippen LogP contribution in [0.25, 0.3) is 0 Å². The summed E-state index contributed by atoms with van der Waals surface area (Å²) >= 11 is 0. The molecule has 2 atom stereocenters. The molecular formula is C18H25FN2O3. The number of aromatic carboxylic acids is 1. The normalized spacial score (nSPS) is 24.0. The fraction of sp³-hybridized carbons (Fsp3) is 0.556. The number of alkyl halides is 1. The van der Waals surface area contributed by atoms with Crippen LogP contribution in [0.15, 0.2) is 18.2 Å². The van der Waals surface area contributed by atoms with Gasteiger partial charge in [-0.05, 0) is 49.6 Å². The lowest BCUT2D eigenvalue weighted by Gasteiger charge is -2.38. The van der Waals surface area contributed by atoms with Gasteiger partial charge in [-0.15, -0.1) is 0 Å². The molecule has 1 aromatic rings. The first-order valence-electron chi connectivity index (χ1n) is 8.25. The van der Waals surface area contributed by atoms with Gasteiger partial charge in [0.25, 0.3) is 0 Å². The number of anilines is 1. The van der Waals surface area contributed by atoms with Crippen LogP contribution in [0.3, 0.4) is 0 Å². The zero-order valence-corrected chi connectivity index (χ0v) is 14.4. The largest absolute Gasteiger partial charge is 0.478 e. The molecule has 1 aromatic carbocycles. The van der Waals surface area contributed by atoms with E-state index in [0.29, 0.717) is 31.6 Å². The van der Waals surface area contributed by atoms with Gasteiger partial charge in [0.1, 0.15) is 5.67 Å². The minimum atomic E-state index is -1.33. The van der Waals surface area contributed by atoms with Crippen LogP contribution in [0.2, 0.25) is 0 Å². The highest BCUT2D eigenvalue weighted by Crippen LogP contribution is 2.33. The van der Waals surface area contributed by atoms with Crippen LogP contribution in [-0.2, 0) is 4.79 Å². The molecule has 24 heavy (non-hydrogen) atoms. The molecule has 1 fully saturated rings. The molecule has 0 spiro atoms. The topological polar surface area (TPSA) is 69.6 Å². The van der Waals surface area contributed by atoms with Gasteiger partial charge in [0.15, 0.2) is 0 Å². The standard InChI is InChI=1S/C18H25FN2O3/c1-12(2)15-8-13(17(23)24)4-5-16(15)21(11-22)10-14-9-20-7-6-18(14,3)19/h4-5,8,11-12,14,20H,6-7,9-10H2,1-3H3,(H,23,24). The predicted molar refractivity (Wildman–Crippen MR) is 91.4 cm³/mol. The number of amides is 1. The molecule has 1 saturated heterocycles. The second-order valence-electron chi connectivity index (χ2n) is 6.92. The summed E-state index contributed by atoms with van der Waals surface area (Å²) < 4.78 is 14.7. The van der Waals surface area contributed by atoms with E-state index >= 15 is 0 Å². The number of nitrogens with zero attached hydrogens (tertiary/aromatic N) is 1. The van der Waals surface area contributed by atoms with Crippen molar-refractivity contribution < 1.29 is 19.1 Å². The van der Waals surface area contributed by atoms with Crippen LogP contribution in [-0.4, -0.2) is 42.8 Å². The molecule has 2 rings (SSSR count). The zero-order valence-electron chi connectivity index (χ0n) is 14.4. The number of piperidine rings is 1. The number of carbonyl (C=O) groups excluding carboxylic acids is 1. The Labute approximate surface area is 141 Å². The van der Waals surface area contributed by atoms with Crippen molar-refractivity contribution in [1.82, 2.24) is 5.32 Å². The highest BCUT2D eigenvalue weighted by atomic mass is 19.1. The number of carboxylic acids is 1. The maximum Gasteiger partial charge on any atom is 0.335 e. The van der Waals surface area contributed by atoms with E-state index in [9.17, 15) is 14.0 Å². The van der Waals surface area contributed by atoms with Gasteiger partial charge in [0.2, 0.25) is 6.41 Å². The van der Waals surface area contributed by atoms with E-state index < -0.39 is 11.6 Å². The van der Waals surface area contributed by atoms with E-state index in [2.05, 4.69) is 5.32 Å². The van der Waals surface area contributed by atoms with Gasteiger partial charge in [-0.1, -0.05) is 13.8 Å². The Kier molecular flexibility index (Phi) is 5.59. The minimum Gasteiger partial charge on any atom is -0.478 e. The van der Waals surface area contributed by atoms with Crippen molar-refractivity contribution >= 4 is 18.1 Å². The molecule has 0 radical (unpaired) electrons. The van der Waals surface area contributed by atoms with Crippen LogP contribution in [0.4, 0.5) is 10.1 Å². The Morgan fingerprint density at radius 1 is 1.54 bits per heavy atom.